The van der Waals surface area contributed by atoms with Crippen molar-refractivity contribution in [3.05, 3.63) is 34.6 Å². The van der Waals surface area contributed by atoms with Gasteiger partial charge in [-0.3, -0.25) is 0 Å². The maximum absolute atomic E-state index is 14.0. The molecule has 100 valence electrons. The lowest BCUT2D eigenvalue weighted by Gasteiger charge is -2.15. The number of thiazole rings is 1. The van der Waals surface area contributed by atoms with Crippen molar-refractivity contribution >= 4 is 11.3 Å². The maximum Gasteiger partial charge on any atom is 0.137 e. The Morgan fingerprint density at radius 1 is 1.47 bits per heavy atom. The van der Waals surface area contributed by atoms with Crippen molar-refractivity contribution in [1.82, 2.24) is 4.98 Å². The highest BCUT2D eigenvalue weighted by Crippen LogP contribution is 2.40. The van der Waals surface area contributed by atoms with E-state index in [-0.39, 0.29) is 11.9 Å². The molecule has 0 saturated heterocycles. The zero-order valence-electron chi connectivity index (χ0n) is 10.6. The number of ether oxygens (including phenoxy) is 1. The van der Waals surface area contributed by atoms with Gasteiger partial charge in [-0.1, -0.05) is 6.07 Å². The Kier molecular flexibility index (Phi) is 3.24. The van der Waals surface area contributed by atoms with Crippen molar-refractivity contribution in [1.29, 1.82) is 0 Å². The SMILES string of the molecule is COc1cccc(F)c1-c1nc2c(s1)CCCC2N. The number of nitrogens with zero attached hydrogens (tertiary/aromatic N) is 1. The molecule has 3 nitrogen and oxygen atoms in total. The standard InChI is InChI=1S/C14H15FN2OS/c1-18-10-6-2-4-8(15)12(10)14-17-13-9(16)5-3-7-11(13)19-14/h2,4,6,9H,3,5,7,16H2,1H3. The first kappa shape index (κ1) is 12.6. The molecule has 0 saturated carbocycles. The van der Waals surface area contributed by atoms with Crippen LogP contribution in [0.1, 0.15) is 29.5 Å². The fourth-order valence-corrected chi connectivity index (χ4v) is 3.67. The first-order valence-corrected chi connectivity index (χ1v) is 7.10. The van der Waals surface area contributed by atoms with Gasteiger partial charge in [0.25, 0.3) is 0 Å². The van der Waals surface area contributed by atoms with Gasteiger partial charge in [-0.2, -0.15) is 0 Å². The van der Waals surface area contributed by atoms with Gasteiger partial charge in [0, 0.05) is 10.9 Å². The van der Waals surface area contributed by atoms with Gasteiger partial charge in [0.05, 0.1) is 18.4 Å². The number of benzene rings is 1. The Hall–Kier alpha value is -1.46. The summed E-state index contributed by atoms with van der Waals surface area (Å²) in [6.45, 7) is 0. The van der Waals surface area contributed by atoms with Crippen LogP contribution >= 0.6 is 11.3 Å². The molecule has 0 amide bonds. The predicted octanol–water partition coefficient (Wildman–Crippen LogP) is 3.29. The summed E-state index contributed by atoms with van der Waals surface area (Å²) >= 11 is 1.52. The Bertz CT molecular complexity index is 611. The average Bonchev–Trinajstić information content (AvgIpc) is 2.83. The van der Waals surface area contributed by atoms with Crippen molar-refractivity contribution in [3.63, 3.8) is 0 Å². The van der Waals surface area contributed by atoms with Gasteiger partial charge in [0.1, 0.15) is 16.6 Å². The van der Waals surface area contributed by atoms with Crippen molar-refractivity contribution in [2.24, 2.45) is 5.73 Å². The van der Waals surface area contributed by atoms with E-state index in [2.05, 4.69) is 4.98 Å². The van der Waals surface area contributed by atoms with E-state index in [1.165, 1.54) is 29.4 Å². The molecule has 1 aromatic carbocycles. The number of hydrogen-bond donors (Lipinski definition) is 1. The first-order chi connectivity index (χ1) is 9.20. The lowest BCUT2D eigenvalue weighted by Crippen LogP contribution is -2.16. The topological polar surface area (TPSA) is 48.1 Å². The summed E-state index contributed by atoms with van der Waals surface area (Å²) < 4.78 is 19.3. The summed E-state index contributed by atoms with van der Waals surface area (Å²) in [6, 6.07) is 4.79. The molecule has 19 heavy (non-hydrogen) atoms. The lowest BCUT2D eigenvalue weighted by molar-refractivity contribution is 0.413. The number of fused-ring (bicyclic) bond motifs is 1. The monoisotopic (exact) mass is 278 g/mol. The third kappa shape index (κ3) is 2.13. The van der Waals surface area contributed by atoms with Gasteiger partial charge in [0.2, 0.25) is 0 Å². The molecule has 0 spiro atoms. The van der Waals surface area contributed by atoms with E-state index in [1.807, 2.05) is 0 Å². The molecule has 1 aliphatic rings. The quantitative estimate of drug-likeness (QED) is 0.917. The second-order valence-corrected chi connectivity index (χ2v) is 5.73. The lowest BCUT2D eigenvalue weighted by atomic mass is 9.99. The second kappa shape index (κ2) is 4.90. The molecule has 0 bridgehead atoms. The Morgan fingerprint density at radius 3 is 3.05 bits per heavy atom. The molecular formula is C14H15FN2OS. The second-order valence-electron chi connectivity index (χ2n) is 4.64. The molecule has 2 aromatic rings. The molecule has 3 rings (SSSR count). The average molecular weight is 278 g/mol. The van der Waals surface area contributed by atoms with Crippen LogP contribution in [0.5, 0.6) is 5.75 Å². The fourth-order valence-electron chi connectivity index (χ4n) is 2.44. The van der Waals surface area contributed by atoms with Crippen LogP contribution in [0.25, 0.3) is 10.6 Å². The van der Waals surface area contributed by atoms with Gasteiger partial charge >= 0.3 is 0 Å². The summed E-state index contributed by atoms with van der Waals surface area (Å²) in [5, 5.41) is 0.664. The van der Waals surface area contributed by atoms with Crippen molar-refractivity contribution in [2.75, 3.05) is 7.11 Å². The number of nitrogens with two attached hydrogens (primary N) is 1. The minimum absolute atomic E-state index is 0.0217. The molecule has 1 aromatic heterocycles. The first-order valence-electron chi connectivity index (χ1n) is 6.28. The molecule has 1 unspecified atom stereocenters. The predicted molar refractivity (Wildman–Crippen MR) is 73.9 cm³/mol. The Morgan fingerprint density at radius 2 is 2.32 bits per heavy atom. The maximum atomic E-state index is 14.0. The van der Waals surface area contributed by atoms with E-state index in [0.717, 1.165) is 25.0 Å². The fraction of sp³-hybridized carbons (Fsp3) is 0.357. The largest absolute Gasteiger partial charge is 0.496 e. The van der Waals surface area contributed by atoms with E-state index >= 15 is 0 Å². The van der Waals surface area contributed by atoms with Crippen LogP contribution in [-0.2, 0) is 6.42 Å². The molecule has 0 fully saturated rings. The van der Waals surface area contributed by atoms with E-state index in [9.17, 15) is 4.39 Å². The number of aromatic nitrogens is 1. The van der Waals surface area contributed by atoms with Crippen LogP contribution in [0.2, 0.25) is 0 Å². The van der Waals surface area contributed by atoms with Crippen LogP contribution in [0, 0.1) is 5.82 Å². The van der Waals surface area contributed by atoms with Crippen LogP contribution in [-0.4, -0.2) is 12.1 Å². The van der Waals surface area contributed by atoms with Gasteiger partial charge in [-0.05, 0) is 31.4 Å². The van der Waals surface area contributed by atoms with E-state index < -0.39 is 0 Å². The summed E-state index contributed by atoms with van der Waals surface area (Å²) in [6.07, 6.45) is 3.01. The molecule has 5 heteroatoms. The van der Waals surface area contributed by atoms with E-state index in [0.29, 0.717) is 16.3 Å². The number of aryl methyl sites for hydroxylation is 1. The van der Waals surface area contributed by atoms with E-state index in [4.69, 9.17) is 10.5 Å². The minimum Gasteiger partial charge on any atom is -0.496 e. The molecule has 2 N–H and O–H groups in total. The van der Waals surface area contributed by atoms with Crippen LogP contribution in [0.4, 0.5) is 4.39 Å². The number of halogens is 1. The molecular weight excluding hydrogens is 263 g/mol. The summed E-state index contributed by atoms with van der Waals surface area (Å²) in [4.78, 5) is 5.72. The Balaban J connectivity index is 2.13. The molecule has 1 heterocycles. The third-order valence-electron chi connectivity index (χ3n) is 3.41. The number of rotatable bonds is 2. The van der Waals surface area contributed by atoms with Gasteiger partial charge < -0.3 is 10.5 Å². The van der Waals surface area contributed by atoms with Gasteiger partial charge in [-0.15, -0.1) is 11.3 Å². The van der Waals surface area contributed by atoms with Crippen molar-refractivity contribution in [2.45, 2.75) is 25.3 Å². The van der Waals surface area contributed by atoms with Crippen LogP contribution in [0.15, 0.2) is 18.2 Å². The molecule has 1 aliphatic carbocycles. The number of methoxy groups -OCH3 is 1. The zero-order chi connectivity index (χ0) is 13.4. The van der Waals surface area contributed by atoms with Gasteiger partial charge in [-0.25, -0.2) is 9.37 Å². The van der Waals surface area contributed by atoms with Crippen LogP contribution in [0.3, 0.4) is 0 Å². The minimum atomic E-state index is -0.306. The summed E-state index contributed by atoms with van der Waals surface area (Å²) in [5.74, 6) is 0.207. The smallest absolute Gasteiger partial charge is 0.137 e. The van der Waals surface area contributed by atoms with Crippen molar-refractivity contribution < 1.29 is 9.13 Å². The van der Waals surface area contributed by atoms with Gasteiger partial charge in [0.15, 0.2) is 0 Å². The Labute approximate surface area is 115 Å². The molecule has 0 aliphatic heterocycles. The summed E-state index contributed by atoms with van der Waals surface area (Å²) in [5.41, 5.74) is 7.43. The number of hydrogen-bond acceptors (Lipinski definition) is 4. The highest BCUT2D eigenvalue weighted by Gasteiger charge is 2.24. The highest BCUT2D eigenvalue weighted by molar-refractivity contribution is 7.15. The zero-order valence-corrected chi connectivity index (χ0v) is 11.5. The van der Waals surface area contributed by atoms with E-state index in [1.54, 1.807) is 12.1 Å². The van der Waals surface area contributed by atoms with Crippen LogP contribution < -0.4 is 10.5 Å². The molecule has 0 radical (unpaired) electrons. The molecule has 1 atom stereocenters. The highest BCUT2D eigenvalue weighted by atomic mass is 32.1. The summed E-state index contributed by atoms with van der Waals surface area (Å²) in [7, 11) is 1.54. The van der Waals surface area contributed by atoms with Crippen molar-refractivity contribution in [3.8, 4) is 16.3 Å². The normalized spacial score (nSPS) is 18.2. The third-order valence-corrected chi connectivity index (χ3v) is 4.56.